The minimum atomic E-state index is -3.63. The molecule has 3 rings (SSSR count). The van der Waals surface area contributed by atoms with E-state index in [-0.39, 0.29) is 28.9 Å². The molecule has 29 heavy (non-hydrogen) atoms. The van der Waals surface area contributed by atoms with Gasteiger partial charge < -0.3 is 10.1 Å². The average Bonchev–Trinajstić information content (AvgIpc) is 2.67. The predicted molar refractivity (Wildman–Crippen MR) is 114 cm³/mol. The molecule has 6 nitrogen and oxygen atoms in total. The van der Waals surface area contributed by atoms with Crippen molar-refractivity contribution in [2.24, 2.45) is 0 Å². The lowest BCUT2D eigenvalue weighted by atomic mass is 10.0. The first kappa shape index (κ1) is 21.5. The van der Waals surface area contributed by atoms with E-state index in [4.69, 9.17) is 4.74 Å². The fraction of sp³-hybridized carbons (Fsp3) is 0.409. The summed E-state index contributed by atoms with van der Waals surface area (Å²) in [5.41, 5.74) is 2.22. The summed E-state index contributed by atoms with van der Waals surface area (Å²) in [6, 6.07) is 13.8. The Morgan fingerprint density at radius 3 is 2.21 bits per heavy atom. The highest BCUT2D eigenvalue weighted by atomic mass is 32.2. The Morgan fingerprint density at radius 2 is 1.62 bits per heavy atom. The van der Waals surface area contributed by atoms with Gasteiger partial charge in [-0.2, -0.15) is 4.31 Å². The first-order valence-electron chi connectivity index (χ1n) is 9.84. The second-order valence-electron chi connectivity index (χ2n) is 7.80. The maximum atomic E-state index is 12.9. The average molecular weight is 417 g/mol. The van der Waals surface area contributed by atoms with Crippen molar-refractivity contribution in [2.45, 2.75) is 50.7 Å². The molecule has 0 spiro atoms. The lowest BCUT2D eigenvalue weighted by Gasteiger charge is -2.34. The van der Waals surface area contributed by atoms with E-state index in [2.05, 4.69) is 19.2 Å². The van der Waals surface area contributed by atoms with Gasteiger partial charge in [0.05, 0.1) is 17.1 Å². The highest BCUT2D eigenvalue weighted by Gasteiger charge is 2.32. The van der Waals surface area contributed by atoms with Crippen LogP contribution in [0.15, 0.2) is 53.4 Å². The van der Waals surface area contributed by atoms with Crippen LogP contribution in [-0.4, -0.2) is 43.9 Å². The number of hydrogen-bond acceptors (Lipinski definition) is 4. The van der Waals surface area contributed by atoms with Gasteiger partial charge in [0, 0.05) is 24.3 Å². The maximum absolute atomic E-state index is 12.9. The van der Waals surface area contributed by atoms with Gasteiger partial charge in [0.15, 0.2) is 0 Å². The molecule has 0 saturated carbocycles. The number of morpholine rings is 1. The first-order chi connectivity index (χ1) is 13.7. The van der Waals surface area contributed by atoms with Crippen molar-refractivity contribution in [3.8, 4) is 0 Å². The molecule has 7 heteroatoms. The molecule has 1 saturated heterocycles. The van der Waals surface area contributed by atoms with Crippen LogP contribution >= 0.6 is 0 Å². The quantitative estimate of drug-likeness (QED) is 0.803. The highest BCUT2D eigenvalue weighted by Crippen LogP contribution is 2.25. The van der Waals surface area contributed by atoms with Crippen LogP contribution in [0, 0.1) is 0 Å². The van der Waals surface area contributed by atoms with Crippen molar-refractivity contribution < 1.29 is 17.9 Å². The summed E-state index contributed by atoms with van der Waals surface area (Å²) in [6.45, 7) is 8.50. The van der Waals surface area contributed by atoms with Crippen LogP contribution in [-0.2, 0) is 14.8 Å². The van der Waals surface area contributed by atoms with Crippen LogP contribution in [0.2, 0.25) is 0 Å². The molecular formula is C22H28N2O4S. The Bertz CT molecular complexity index is 961. The smallest absolute Gasteiger partial charge is 0.255 e. The standard InChI is InChI=1S/C22H28N2O4S/c1-15(2)20-7-5-6-8-21(20)23-22(25)18-9-11-19(12-10-18)29(26,27)24-13-16(3)28-17(4)14-24/h5-12,15-17H,13-14H2,1-4H3,(H,23,25)/t16-,17+. The van der Waals surface area contributed by atoms with Crippen molar-refractivity contribution in [1.82, 2.24) is 4.31 Å². The van der Waals surface area contributed by atoms with Gasteiger partial charge in [-0.15, -0.1) is 0 Å². The maximum Gasteiger partial charge on any atom is 0.255 e. The number of nitrogens with zero attached hydrogens (tertiary/aromatic N) is 1. The van der Waals surface area contributed by atoms with Crippen molar-refractivity contribution in [2.75, 3.05) is 18.4 Å². The summed E-state index contributed by atoms with van der Waals surface area (Å²) >= 11 is 0. The third-order valence-electron chi connectivity index (χ3n) is 4.97. The van der Waals surface area contributed by atoms with E-state index in [1.807, 2.05) is 38.1 Å². The molecule has 0 bridgehead atoms. The summed E-state index contributed by atoms with van der Waals surface area (Å²) in [4.78, 5) is 12.8. The van der Waals surface area contributed by atoms with Gasteiger partial charge in [0.2, 0.25) is 10.0 Å². The molecule has 0 aromatic heterocycles. The van der Waals surface area contributed by atoms with Crippen LogP contribution in [0.4, 0.5) is 5.69 Å². The van der Waals surface area contributed by atoms with E-state index in [1.165, 1.54) is 16.4 Å². The number of rotatable bonds is 5. The molecule has 1 heterocycles. The normalized spacial score (nSPS) is 20.6. The number of amides is 1. The summed E-state index contributed by atoms with van der Waals surface area (Å²) in [7, 11) is -3.63. The second-order valence-corrected chi connectivity index (χ2v) is 9.74. The topological polar surface area (TPSA) is 75.7 Å². The van der Waals surface area contributed by atoms with E-state index < -0.39 is 10.0 Å². The van der Waals surface area contributed by atoms with Crippen molar-refractivity contribution in [3.05, 3.63) is 59.7 Å². The number of sulfonamides is 1. The largest absolute Gasteiger partial charge is 0.373 e. The third-order valence-corrected chi connectivity index (χ3v) is 6.82. The molecule has 156 valence electrons. The summed E-state index contributed by atoms with van der Waals surface area (Å²) in [5.74, 6) is 0.00740. The third kappa shape index (κ3) is 4.86. The zero-order valence-corrected chi connectivity index (χ0v) is 18.1. The zero-order chi connectivity index (χ0) is 21.2. The molecule has 2 aromatic rings. The van der Waals surface area contributed by atoms with Crippen LogP contribution in [0.1, 0.15) is 49.5 Å². The number of carbonyl (C=O) groups excluding carboxylic acids is 1. The van der Waals surface area contributed by atoms with Gasteiger partial charge in [-0.05, 0) is 55.7 Å². The van der Waals surface area contributed by atoms with Crippen LogP contribution < -0.4 is 5.32 Å². The number of anilines is 1. The monoisotopic (exact) mass is 416 g/mol. The molecular weight excluding hydrogens is 388 g/mol. The minimum absolute atomic E-state index is 0.153. The van der Waals surface area contributed by atoms with Crippen LogP contribution in [0.25, 0.3) is 0 Å². The van der Waals surface area contributed by atoms with Crippen molar-refractivity contribution >= 4 is 21.6 Å². The molecule has 0 radical (unpaired) electrons. The predicted octanol–water partition coefficient (Wildman–Crippen LogP) is 3.86. The number of para-hydroxylation sites is 1. The number of hydrogen-bond donors (Lipinski definition) is 1. The van der Waals surface area contributed by atoms with E-state index in [1.54, 1.807) is 12.1 Å². The molecule has 2 atom stereocenters. The van der Waals surface area contributed by atoms with Crippen molar-refractivity contribution in [3.63, 3.8) is 0 Å². The molecule has 0 unspecified atom stereocenters. The lowest BCUT2D eigenvalue weighted by Crippen LogP contribution is -2.48. The van der Waals surface area contributed by atoms with Crippen LogP contribution in [0.5, 0.6) is 0 Å². The summed E-state index contributed by atoms with van der Waals surface area (Å²) < 4.78 is 32.9. The van der Waals surface area contributed by atoms with E-state index in [9.17, 15) is 13.2 Å². The molecule has 1 fully saturated rings. The number of carbonyl (C=O) groups is 1. The SMILES string of the molecule is CC(C)c1ccccc1NC(=O)c1ccc(S(=O)(=O)N2C[C@@H](C)O[C@@H](C)C2)cc1. The van der Waals surface area contributed by atoms with Gasteiger partial charge in [-0.3, -0.25) is 4.79 Å². The Morgan fingerprint density at radius 1 is 1.03 bits per heavy atom. The molecule has 1 aliphatic heterocycles. The van der Waals surface area contributed by atoms with E-state index >= 15 is 0 Å². The highest BCUT2D eigenvalue weighted by molar-refractivity contribution is 7.89. The number of benzene rings is 2. The lowest BCUT2D eigenvalue weighted by molar-refractivity contribution is -0.0440. The van der Waals surface area contributed by atoms with E-state index in [0.717, 1.165) is 11.3 Å². The van der Waals surface area contributed by atoms with Gasteiger partial charge in [0.25, 0.3) is 5.91 Å². The number of nitrogens with one attached hydrogen (secondary N) is 1. The van der Waals surface area contributed by atoms with Gasteiger partial charge in [0.1, 0.15) is 0 Å². The van der Waals surface area contributed by atoms with Gasteiger partial charge in [-0.25, -0.2) is 8.42 Å². The Balaban J connectivity index is 1.77. The van der Waals surface area contributed by atoms with Gasteiger partial charge >= 0.3 is 0 Å². The zero-order valence-electron chi connectivity index (χ0n) is 17.3. The van der Waals surface area contributed by atoms with Gasteiger partial charge in [-0.1, -0.05) is 32.0 Å². The minimum Gasteiger partial charge on any atom is -0.373 e. The number of ether oxygens (including phenoxy) is 1. The fourth-order valence-corrected chi connectivity index (χ4v) is 5.15. The first-order valence-corrected chi connectivity index (χ1v) is 11.3. The Kier molecular flexibility index (Phi) is 6.41. The fourth-order valence-electron chi connectivity index (χ4n) is 3.56. The Hall–Kier alpha value is -2.22. The molecule has 1 amide bonds. The van der Waals surface area contributed by atoms with E-state index in [0.29, 0.717) is 18.7 Å². The molecule has 1 aliphatic rings. The molecule has 2 aromatic carbocycles. The Labute approximate surface area is 172 Å². The van der Waals surface area contributed by atoms with Crippen LogP contribution in [0.3, 0.4) is 0 Å². The molecule has 0 aliphatic carbocycles. The molecule has 1 N–H and O–H groups in total. The second kappa shape index (κ2) is 8.65. The summed E-state index contributed by atoms with van der Waals surface area (Å²) in [5, 5.41) is 2.93. The van der Waals surface area contributed by atoms with Crippen molar-refractivity contribution in [1.29, 1.82) is 0 Å². The summed E-state index contributed by atoms with van der Waals surface area (Å²) in [6.07, 6.45) is -0.306.